The van der Waals surface area contributed by atoms with E-state index in [9.17, 15) is 14.7 Å². The molecule has 3 aliphatic heterocycles. The van der Waals surface area contributed by atoms with E-state index in [2.05, 4.69) is 0 Å². The lowest BCUT2D eigenvalue weighted by Crippen LogP contribution is -2.79. The van der Waals surface area contributed by atoms with Crippen LogP contribution in [0.4, 0.5) is 0 Å². The van der Waals surface area contributed by atoms with Crippen molar-refractivity contribution in [3.63, 3.8) is 0 Å². The highest BCUT2D eigenvalue weighted by atomic mass is 16.8. The van der Waals surface area contributed by atoms with Gasteiger partial charge in [0.2, 0.25) is 0 Å². The van der Waals surface area contributed by atoms with Gasteiger partial charge in [0.05, 0.1) is 5.56 Å². The second kappa shape index (κ2) is 4.65. The van der Waals surface area contributed by atoms with Crippen LogP contribution in [0.1, 0.15) is 37.0 Å². The fourth-order valence-electron chi connectivity index (χ4n) is 5.72. The zero-order valence-corrected chi connectivity index (χ0v) is 14.6. The number of aliphatic hydroxyl groups is 1. The first kappa shape index (κ1) is 16.2. The monoisotopic (exact) mass is 360 g/mol. The molecule has 6 unspecified atom stereocenters. The van der Waals surface area contributed by atoms with Crippen molar-refractivity contribution in [1.82, 2.24) is 0 Å². The molecule has 7 rings (SSSR count). The van der Waals surface area contributed by atoms with Gasteiger partial charge in [-0.05, 0) is 25.5 Å². The van der Waals surface area contributed by atoms with Crippen LogP contribution < -0.4 is 0 Å². The normalized spacial score (nSPS) is 46.7. The molecule has 0 aromatic heterocycles. The first-order chi connectivity index (χ1) is 12.3. The van der Waals surface area contributed by atoms with E-state index >= 15 is 0 Å². The molecular formula is C19H20O7. The van der Waals surface area contributed by atoms with Gasteiger partial charge in [-0.15, -0.1) is 0 Å². The highest BCUT2D eigenvalue weighted by Crippen LogP contribution is 2.81. The molecule has 138 valence electrons. The van der Waals surface area contributed by atoms with Gasteiger partial charge >= 0.3 is 11.9 Å². The Morgan fingerprint density at radius 1 is 1.27 bits per heavy atom. The van der Waals surface area contributed by atoms with Gasteiger partial charge in [-0.1, -0.05) is 18.2 Å². The number of benzene rings is 1. The predicted molar refractivity (Wildman–Crippen MR) is 85.7 cm³/mol. The average molecular weight is 360 g/mol. The van der Waals surface area contributed by atoms with E-state index in [-0.39, 0.29) is 18.9 Å². The summed E-state index contributed by atoms with van der Waals surface area (Å²) >= 11 is 0. The van der Waals surface area contributed by atoms with Crippen LogP contribution in [0, 0.1) is 11.3 Å². The maximum atomic E-state index is 12.4. The molecule has 6 aliphatic rings. The smallest absolute Gasteiger partial charge is 0.338 e. The van der Waals surface area contributed by atoms with E-state index in [4.69, 9.17) is 18.9 Å². The lowest BCUT2D eigenvalue weighted by molar-refractivity contribution is -0.384. The van der Waals surface area contributed by atoms with Crippen LogP contribution in [-0.2, 0) is 23.7 Å². The number of hydrogen-bond acceptors (Lipinski definition) is 7. The number of carbonyl (C=O) groups is 2. The van der Waals surface area contributed by atoms with Crippen LogP contribution in [0.25, 0.3) is 0 Å². The topological polar surface area (TPSA) is 91.3 Å². The van der Waals surface area contributed by atoms with Crippen molar-refractivity contribution in [2.45, 2.75) is 50.0 Å². The lowest BCUT2D eigenvalue weighted by Gasteiger charge is -2.66. The molecule has 6 atom stereocenters. The van der Waals surface area contributed by atoms with Gasteiger partial charge in [0.1, 0.15) is 17.6 Å². The molecule has 7 nitrogen and oxygen atoms in total. The third-order valence-electron chi connectivity index (χ3n) is 6.72. The molecule has 3 aliphatic carbocycles. The minimum Gasteiger partial charge on any atom is -0.461 e. The third-order valence-corrected chi connectivity index (χ3v) is 6.72. The summed E-state index contributed by atoms with van der Waals surface area (Å²) in [7, 11) is 0. The maximum absolute atomic E-state index is 12.4. The molecule has 3 saturated heterocycles. The van der Waals surface area contributed by atoms with Gasteiger partial charge in [0.25, 0.3) is 0 Å². The Bertz CT molecular complexity index is 809. The van der Waals surface area contributed by atoms with Crippen molar-refractivity contribution < 1.29 is 33.6 Å². The largest absolute Gasteiger partial charge is 0.461 e. The molecule has 6 fully saturated rings. The Morgan fingerprint density at radius 3 is 2.69 bits per heavy atom. The Labute approximate surface area is 150 Å². The average Bonchev–Trinajstić information content (AvgIpc) is 2.76. The molecule has 1 N–H and O–H groups in total. The minimum atomic E-state index is -1.33. The first-order valence-corrected chi connectivity index (χ1v) is 8.76. The van der Waals surface area contributed by atoms with Gasteiger partial charge in [-0.25, -0.2) is 4.79 Å². The van der Waals surface area contributed by atoms with Crippen LogP contribution in [-0.4, -0.2) is 46.9 Å². The van der Waals surface area contributed by atoms with Gasteiger partial charge in [-0.3, -0.25) is 4.79 Å². The minimum absolute atomic E-state index is 0.0404. The van der Waals surface area contributed by atoms with Crippen molar-refractivity contribution in [3.8, 4) is 0 Å². The highest BCUT2D eigenvalue weighted by Gasteiger charge is 2.95. The van der Waals surface area contributed by atoms with Gasteiger partial charge in [-0.2, -0.15) is 0 Å². The molecule has 7 heteroatoms. The summed E-state index contributed by atoms with van der Waals surface area (Å²) in [6.07, 6.45) is -0.116. The molecule has 0 radical (unpaired) electrons. The van der Waals surface area contributed by atoms with E-state index in [1.54, 1.807) is 24.3 Å². The van der Waals surface area contributed by atoms with Crippen LogP contribution in [0.5, 0.6) is 0 Å². The van der Waals surface area contributed by atoms with Crippen molar-refractivity contribution in [2.75, 3.05) is 6.61 Å². The van der Waals surface area contributed by atoms with Gasteiger partial charge < -0.3 is 24.1 Å². The van der Waals surface area contributed by atoms with E-state index < -0.39 is 40.6 Å². The number of esters is 2. The van der Waals surface area contributed by atoms with Crippen LogP contribution in [0.2, 0.25) is 0 Å². The summed E-state index contributed by atoms with van der Waals surface area (Å²) < 4.78 is 23.2. The molecule has 0 amide bonds. The maximum Gasteiger partial charge on any atom is 0.338 e. The summed E-state index contributed by atoms with van der Waals surface area (Å²) in [6.45, 7) is 3.14. The summed E-state index contributed by atoms with van der Waals surface area (Å²) in [5.41, 5.74) is -2.28. The second-order valence-electron chi connectivity index (χ2n) is 7.98. The number of hydrogen-bond donors (Lipinski definition) is 1. The summed E-state index contributed by atoms with van der Waals surface area (Å²) in [4.78, 5) is 24.2. The Balaban J connectivity index is 1.49. The zero-order chi connectivity index (χ0) is 18.4. The van der Waals surface area contributed by atoms with Crippen LogP contribution in [0.15, 0.2) is 30.3 Å². The molecular weight excluding hydrogens is 340 g/mol. The number of carbonyl (C=O) groups excluding carboxylic acids is 2. The van der Waals surface area contributed by atoms with Gasteiger partial charge in [0, 0.05) is 19.3 Å². The zero-order valence-electron chi connectivity index (χ0n) is 14.6. The number of ether oxygens (including phenoxy) is 4. The highest BCUT2D eigenvalue weighted by molar-refractivity contribution is 5.89. The predicted octanol–water partition coefficient (Wildman–Crippen LogP) is 1.39. The number of rotatable bonds is 4. The van der Waals surface area contributed by atoms with Crippen LogP contribution in [0.3, 0.4) is 0 Å². The quantitative estimate of drug-likeness (QED) is 0.811. The second-order valence-corrected chi connectivity index (χ2v) is 7.98. The summed E-state index contributed by atoms with van der Waals surface area (Å²) in [6, 6.07) is 8.67. The van der Waals surface area contributed by atoms with E-state index in [1.807, 2.05) is 13.0 Å². The first-order valence-electron chi connectivity index (χ1n) is 8.76. The fourth-order valence-corrected chi connectivity index (χ4v) is 5.72. The Hall–Kier alpha value is -1.96. The molecule has 26 heavy (non-hydrogen) atoms. The molecule has 1 aromatic carbocycles. The van der Waals surface area contributed by atoms with Crippen molar-refractivity contribution in [3.05, 3.63) is 35.9 Å². The Morgan fingerprint density at radius 2 is 2.00 bits per heavy atom. The lowest BCUT2D eigenvalue weighted by atomic mass is 9.41. The van der Waals surface area contributed by atoms with Crippen molar-refractivity contribution in [1.29, 1.82) is 0 Å². The summed E-state index contributed by atoms with van der Waals surface area (Å²) in [5.74, 6) is -2.54. The third kappa shape index (κ3) is 1.60. The van der Waals surface area contributed by atoms with Crippen molar-refractivity contribution in [2.24, 2.45) is 11.3 Å². The molecule has 6 bridgehead atoms. The van der Waals surface area contributed by atoms with Gasteiger partial charge in [0.15, 0.2) is 17.7 Å². The fraction of sp³-hybridized carbons (Fsp3) is 0.579. The standard InChI is InChI=1S/C19H20O7/c1-11(20)24-19-8-13-17(19,10-23-14(21)12-6-4-3-5-7-12)15-25-16(19,2)9-18(13,22)26-15/h3-7,13,15,22H,8-10H2,1-2H3. The summed E-state index contributed by atoms with van der Waals surface area (Å²) in [5, 5.41) is 10.9. The van der Waals surface area contributed by atoms with E-state index in [0.717, 1.165) is 0 Å². The SMILES string of the molecule is CC(=O)OC12CC3C4(O)CC1(C)OC(O4)C32COC(=O)c1ccccc1. The molecule has 3 heterocycles. The van der Waals surface area contributed by atoms with E-state index in [0.29, 0.717) is 12.0 Å². The molecule has 0 spiro atoms. The van der Waals surface area contributed by atoms with Crippen LogP contribution >= 0.6 is 0 Å². The van der Waals surface area contributed by atoms with Crippen molar-refractivity contribution >= 4 is 11.9 Å². The van der Waals surface area contributed by atoms with E-state index in [1.165, 1.54) is 6.92 Å². The molecule has 1 aromatic rings. The Kier molecular flexibility index (Phi) is 2.91. The molecule has 3 saturated carbocycles.